The molecule has 43 heavy (non-hydrogen) atoms. The van der Waals surface area contributed by atoms with E-state index in [4.69, 9.17) is 15.9 Å². The number of nitrogen functional groups attached to an aromatic ring is 1. The molecule has 5 N–H and O–H groups in total. The van der Waals surface area contributed by atoms with Crippen molar-refractivity contribution >= 4 is 28.4 Å². The molecule has 5 aromatic rings. The van der Waals surface area contributed by atoms with Crippen LogP contribution < -0.4 is 22.1 Å². The molecule has 0 aliphatic heterocycles. The molecule has 11 nitrogen and oxygen atoms in total. The first-order valence-electron chi connectivity index (χ1n) is 13.8. The summed E-state index contributed by atoms with van der Waals surface area (Å²) in [5, 5.41) is 22.4. The van der Waals surface area contributed by atoms with Gasteiger partial charge in [0.15, 0.2) is 5.82 Å². The fraction of sp³-hybridized carbons (Fsp3) is 0.188. The number of aromatic nitrogens is 4. The molecule has 2 aromatic heterocycles. The van der Waals surface area contributed by atoms with Crippen molar-refractivity contribution in [3.63, 3.8) is 0 Å². The minimum atomic E-state index is -0.578. The number of hydrogen-bond acceptors (Lipinski definition) is 9. The Hall–Kier alpha value is -5.60. The lowest BCUT2D eigenvalue weighted by molar-refractivity contribution is 0.0706. The topological polar surface area (TPSA) is 172 Å². The van der Waals surface area contributed by atoms with Crippen LogP contribution in [-0.4, -0.2) is 30.6 Å². The van der Waals surface area contributed by atoms with Crippen LogP contribution in [-0.2, 0) is 12.8 Å². The number of aryl methyl sites for hydroxylation is 3. The highest BCUT2D eigenvalue weighted by molar-refractivity contribution is 5.93. The molecule has 5 rings (SSSR count). The van der Waals surface area contributed by atoms with Gasteiger partial charge in [-0.25, -0.2) is 20.4 Å². The number of nitriles is 1. The van der Waals surface area contributed by atoms with Crippen molar-refractivity contribution < 1.29 is 10.0 Å². The van der Waals surface area contributed by atoms with E-state index in [1.165, 1.54) is 0 Å². The van der Waals surface area contributed by atoms with Gasteiger partial charge in [-0.05, 0) is 67.6 Å². The molecule has 3 aromatic carbocycles. The second-order valence-corrected chi connectivity index (χ2v) is 9.99. The highest BCUT2D eigenvalue weighted by Crippen LogP contribution is 2.28. The number of anilines is 2. The SMILES string of the molecule is CC[C@H](Nc1nc(C)nc(N)c1C#N)c1nc2cccc(CCc3ccc(C(=O)NO)cc3)c2c(=O)n1-c1ccccc1. The van der Waals surface area contributed by atoms with E-state index in [1.807, 2.05) is 67.6 Å². The minimum absolute atomic E-state index is 0.0789. The summed E-state index contributed by atoms with van der Waals surface area (Å²) in [5.74, 6) is 0.669. The van der Waals surface area contributed by atoms with Crippen molar-refractivity contribution in [2.24, 2.45) is 0 Å². The first-order valence-corrected chi connectivity index (χ1v) is 13.8. The maximum Gasteiger partial charge on any atom is 0.274 e. The Balaban J connectivity index is 1.60. The highest BCUT2D eigenvalue weighted by Gasteiger charge is 2.23. The number of amides is 1. The lowest BCUT2D eigenvalue weighted by atomic mass is 10.00. The molecule has 0 aliphatic rings. The highest BCUT2D eigenvalue weighted by atomic mass is 16.5. The van der Waals surface area contributed by atoms with Gasteiger partial charge in [0, 0.05) is 5.56 Å². The summed E-state index contributed by atoms with van der Waals surface area (Å²) in [5.41, 5.74) is 10.9. The first kappa shape index (κ1) is 28.9. The Morgan fingerprint density at radius 1 is 1.02 bits per heavy atom. The van der Waals surface area contributed by atoms with Crippen LogP contribution in [0.5, 0.6) is 0 Å². The van der Waals surface area contributed by atoms with Crippen LogP contribution in [0.4, 0.5) is 11.6 Å². The molecular weight excluding hydrogens is 544 g/mol. The third-order valence-corrected chi connectivity index (χ3v) is 7.22. The van der Waals surface area contributed by atoms with Crippen LogP contribution in [0.1, 0.15) is 58.1 Å². The summed E-state index contributed by atoms with van der Waals surface area (Å²) in [7, 11) is 0. The zero-order chi connectivity index (χ0) is 30.5. The van der Waals surface area contributed by atoms with Gasteiger partial charge in [0.1, 0.15) is 29.1 Å². The van der Waals surface area contributed by atoms with E-state index in [2.05, 4.69) is 21.4 Å². The number of fused-ring (bicyclic) bond motifs is 1. The summed E-state index contributed by atoms with van der Waals surface area (Å²) in [6.07, 6.45) is 1.72. The van der Waals surface area contributed by atoms with Crippen molar-refractivity contribution in [2.75, 3.05) is 11.1 Å². The Morgan fingerprint density at radius 3 is 2.44 bits per heavy atom. The van der Waals surface area contributed by atoms with Crippen LogP contribution in [0.3, 0.4) is 0 Å². The fourth-order valence-corrected chi connectivity index (χ4v) is 5.07. The molecule has 11 heteroatoms. The van der Waals surface area contributed by atoms with E-state index < -0.39 is 11.9 Å². The van der Waals surface area contributed by atoms with Crippen LogP contribution in [0.2, 0.25) is 0 Å². The van der Waals surface area contributed by atoms with Gasteiger partial charge < -0.3 is 11.1 Å². The summed E-state index contributed by atoms with van der Waals surface area (Å²) in [6, 6.07) is 23.4. The molecular formula is C32H30N8O3. The van der Waals surface area contributed by atoms with Crippen molar-refractivity contribution in [3.05, 3.63) is 117 Å². The van der Waals surface area contributed by atoms with Gasteiger partial charge >= 0.3 is 0 Å². The summed E-state index contributed by atoms with van der Waals surface area (Å²) in [4.78, 5) is 39.6. The van der Waals surface area contributed by atoms with E-state index in [-0.39, 0.29) is 22.8 Å². The number of nitrogens with two attached hydrogens (primary N) is 1. The smallest absolute Gasteiger partial charge is 0.274 e. The third-order valence-electron chi connectivity index (χ3n) is 7.22. The monoisotopic (exact) mass is 574 g/mol. The molecule has 2 heterocycles. The molecule has 1 atom stereocenters. The first-order chi connectivity index (χ1) is 20.8. The normalized spacial score (nSPS) is 11.6. The number of carbonyl (C=O) groups excluding carboxylic acids is 1. The van der Waals surface area contributed by atoms with Crippen LogP contribution in [0.25, 0.3) is 16.6 Å². The Kier molecular flexibility index (Phi) is 8.41. The van der Waals surface area contributed by atoms with Crippen LogP contribution in [0, 0.1) is 18.3 Å². The van der Waals surface area contributed by atoms with Gasteiger partial charge in [-0.2, -0.15) is 5.26 Å². The zero-order valence-electron chi connectivity index (χ0n) is 23.7. The molecule has 0 bridgehead atoms. The van der Waals surface area contributed by atoms with Gasteiger partial charge in [-0.1, -0.05) is 49.4 Å². The number of nitrogens with one attached hydrogen (secondary N) is 2. The van der Waals surface area contributed by atoms with Crippen LogP contribution in [0.15, 0.2) is 77.6 Å². The standard InChI is InChI=1S/C32H30N8O3/c1-3-25(37-29-24(18-33)28(34)35-19(2)36-29)30-38-26-11-7-8-21(15-12-20-13-16-22(17-14-20)31(41)39-43)27(26)32(42)40(30)23-9-5-4-6-10-23/h4-11,13-14,16-17,25,43H,3,12,15H2,1-2H3,(H,39,41)(H3,34,35,36,37)/t25-/m0/s1. The minimum Gasteiger partial charge on any atom is -0.382 e. The largest absolute Gasteiger partial charge is 0.382 e. The second-order valence-electron chi connectivity index (χ2n) is 9.99. The summed E-state index contributed by atoms with van der Waals surface area (Å²) in [6.45, 7) is 3.65. The average Bonchev–Trinajstić information content (AvgIpc) is 3.02. The van der Waals surface area contributed by atoms with Crippen molar-refractivity contribution in [3.8, 4) is 11.8 Å². The number of nitrogens with zero attached hydrogens (tertiary/aromatic N) is 5. The van der Waals surface area contributed by atoms with Gasteiger partial charge in [-0.3, -0.25) is 19.4 Å². The van der Waals surface area contributed by atoms with Crippen molar-refractivity contribution in [2.45, 2.75) is 39.2 Å². The maximum absolute atomic E-state index is 14.4. The van der Waals surface area contributed by atoms with Crippen molar-refractivity contribution in [1.29, 1.82) is 5.26 Å². The summed E-state index contributed by atoms with van der Waals surface area (Å²) >= 11 is 0. The van der Waals surface area contributed by atoms with Gasteiger partial charge in [0.25, 0.3) is 11.5 Å². The molecule has 0 aliphatic carbocycles. The van der Waals surface area contributed by atoms with E-state index in [1.54, 1.807) is 29.1 Å². The molecule has 0 unspecified atom stereocenters. The van der Waals surface area contributed by atoms with E-state index in [9.17, 15) is 14.9 Å². The van der Waals surface area contributed by atoms with E-state index in [0.717, 1.165) is 11.1 Å². The number of carbonyl (C=O) groups is 1. The average molecular weight is 575 g/mol. The zero-order valence-corrected chi connectivity index (χ0v) is 23.7. The number of rotatable bonds is 9. The maximum atomic E-state index is 14.4. The quantitative estimate of drug-likeness (QED) is 0.147. The molecule has 1 amide bonds. The van der Waals surface area contributed by atoms with Gasteiger partial charge in [0.05, 0.1) is 22.6 Å². The van der Waals surface area contributed by atoms with Gasteiger partial charge in [-0.15, -0.1) is 0 Å². The number of hydroxylamine groups is 1. The van der Waals surface area contributed by atoms with Gasteiger partial charge in [0.2, 0.25) is 0 Å². The molecule has 0 radical (unpaired) electrons. The second kappa shape index (κ2) is 12.5. The summed E-state index contributed by atoms with van der Waals surface area (Å²) < 4.78 is 1.61. The Labute approximate surface area is 247 Å². The molecule has 0 saturated carbocycles. The number of para-hydroxylation sites is 1. The molecule has 216 valence electrons. The molecule has 0 fully saturated rings. The molecule has 0 spiro atoms. The van der Waals surface area contributed by atoms with Crippen molar-refractivity contribution in [1.82, 2.24) is 25.0 Å². The Bertz CT molecular complexity index is 1900. The Morgan fingerprint density at radius 2 is 1.77 bits per heavy atom. The lowest BCUT2D eigenvalue weighted by Gasteiger charge is -2.23. The molecule has 0 saturated heterocycles. The predicted molar refractivity (Wildman–Crippen MR) is 163 cm³/mol. The van der Waals surface area contributed by atoms with E-state index in [0.29, 0.717) is 53.1 Å². The lowest BCUT2D eigenvalue weighted by Crippen LogP contribution is -2.29. The third kappa shape index (κ3) is 5.91. The fourth-order valence-electron chi connectivity index (χ4n) is 5.07. The van der Waals surface area contributed by atoms with E-state index >= 15 is 0 Å². The number of benzene rings is 3. The predicted octanol–water partition coefficient (Wildman–Crippen LogP) is 4.41. The number of hydrogen-bond donors (Lipinski definition) is 4. The van der Waals surface area contributed by atoms with Crippen LogP contribution >= 0.6 is 0 Å².